The minimum absolute atomic E-state index is 0.890. The van der Waals surface area contributed by atoms with Crippen molar-refractivity contribution >= 4 is 8.58 Å². The Morgan fingerprint density at radius 3 is 2.16 bits per heavy atom. The summed E-state index contributed by atoms with van der Waals surface area (Å²) in [7, 11) is 1.20. The van der Waals surface area contributed by atoms with E-state index in [2.05, 4.69) is 34.3 Å². The molecule has 0 radical (unpaired) electrons. The second-order valence-electron chi connectivity index (χ2n) is 6.65. The molecule has 0 nitrogen and oxygen atoms in total. The molecule has 2 unspecified atom stereocenters. The van der Waals surface area contributed by atoms with Crippen molar-refractivity contribution in [3.05, 3.63) is 12.2 Å². The molecule has 0 aromatic carbocycles. The molecule has 0 aliphatic rings. The first-order valence-corrected chi connectivity index (χ1v) is 9.68. The van der Waals surface area contributed by atoms with Crippen molar-refractivity contribution in [1.29, 1.82) is 0 Å². The molecule has 0 heterocycles. The molecule has 0 rings (SSSR count). The van der Waals surface area contributed by atoms with E-state index in [-0.39, 0.29) is 0 Å². The number of unbranched alkanes of at least 4 members (excludes halogenated alkanes) is 4. The van der Waals surface area contributed by atoms with Crippen LogP contribution in [0.5, 0.6) is 0 Å². The van der Waals surface area contributed by atoms with Gasteiger partial charge in [-0.1, -0.05) is 58.4 Å². The zero-order valence-corrected chi connectivity index (χ0v) is 14.9. The average molecular weight is 284 g/mol. The third kappa shape index (κ3) is 16.1. The summed E-state index contributed by atoms with van der Waals surface area (Å²) in [6.07, 6.45) is 14.1. The SMILES string of the molecule is C=C(C)CCCCC(C)PCCCCCCC(C)C. The zero-order valence-electron chi connectivity index (χ0n) is 13.9. The minimum Gasteiger partial charge on any atom is -0.119 e. The molecule has 0 aromatic heterocycles. The molecule has 0 aliphatic carbocycles. The maximum Gasteiger partial charge on any atom is -0.0265 e. The molecule has 0 aromatic rings. The van der Waals surface area contributed by atoms with Crippen molar-refractivity contribution in [1.82, 2.24) is 0 Å². The van der Waals surface area contributed by atoms with Gasteiger partial charge in [0.05, 0.1) is 0 Å². The van der Waals surface area contributed by atoms with Crippen LogP contribution in [0.2, 0.25) is 0 Å². The molecule has 0 amide bonds. The van der Waals surface area contributed by atoms with Gasteiger partial charge in [0.2, 0.25) is 0 Å². The number of rotatable bonds is 13. The van der Waals surface area contributed by atoms with Crippen molar-refractivity contribution in [2.75, 3.05) is 6.16 Å². The van der Waals surface area contributed by atoms with Gasteiger partial charge in [-0.15, -0.1) is 15.2 Å². The van der Waals surface area contributed by atoms with Crippen molar-refractivity contribution in [3.8, 4) is 0 Å². The lowest BCUT2D eigenvalue weighted by atomic mass is 10.0. The molecular formula is C18H37P. The van der Waals surface area contributed by atoms with E-state index in [4.69, 9.17) is 0 Å². The zero-order chi connectivity index (χ0) is 14.5. The fourth-order valence-corrected chi connectivity index (χ4v) is 3.71. The Bertz CT molecular complexity index is 208. The largest absolute Gasteiger partial charge is 0.119 e. The molecule has 0 saturated carbocycles. The van der Waals surface area contributed by atoms with Crippen LogP contribution in [0.4, 0.5) is 0 Å². The predicted octanol–water partition coefficient (Wildman–Crippen LogP) is 6.80. The van der Waals surface area contributed by atoms with Gasteiger partial charge in [0.25, 0.3) is 0 Å². The highest BCUT2D eigenvalue weighted by Gasteiger charge is 2.02. The summed E-state index contributed by atoms with van der Waals surface area (Å²) in [5.41, 5.74) is 2.30. The summed E-state index contributed by atoms with van der Waals surface area (Å²) in [5, 5.41) is 0. The fourth-order valence-electron chi connectivity index (χ4n) is 2.36. The Balaban J connectivity index is 3.20. The molecular weight excluding hydrogens is 247 g/mol. The van der Waals surface area contributed by atoms with Crippen LogP contribution in [0.3, 0.4) is 0 Å². The molecule has 0 fully saturated rings. The fraction of sp³-hybridized carbons (Fsp3) is 0.889. The van der Waals surface area contributed by atoms with Crippen molar-refractivity contribution in [2.45, 2.75) is 91.1 Å². The van der Waals surface area contributed by atoms with E-state index < -0.39 is 0 Å². The van der Waals surface area contributed by atoms with Gasteiger partial charge in [0.15, 0.2) is 0 Å². The van der Waals surface area contributed by atoms with Gasteiger partial charge in [0, 0.05) is 0 Å². The standard InChI is InChI=1S/C18H37P/c1-16(2)12-8-6-7-11-15-19-18(5)14-10-9-13-17(3)4/h16,18-19H,3,6-15H2,1-2,4-5H3. The molecule has 19 heavy (non-hydrogen) atoms. The summed E-state index contributed by atoms with van der Waals surface area (Å²) >= 11 is 0. The van der Waals surface area contributed by atoms with Gasteiger partial charge in [-0.25, -0.2) is 0 Å². The molecule has 2 atom stereocenters. The van der Waals surface area contributed by atoms with Crippen LogP contribution in [0.1, 0.15) is 85.5 Å². The highest BCUT2D eigenvalue weighted by Crippen LogP contribution is 2.25. The second-order valence-corrected chi connectivity index (χ2v) is 8.55. The number of hydrogen-bond acceptors (Lipinski definition) is 0. The summed E-state index contributed by atoms with van der Waals surface area (Å²) in [4.78, 5) is 0. The van der Waals surface area contributed by atoms with E-state index in [0.29, 0.717) is 0 Å². The molecule has 0 spiro atoms. The summed E-state index contributed by atoms with van der Waals surface area (Å²) in [5.74, 6) is 0.890. The Morgan fingerprint density at radius 2 is 1.53 bits per heavy atom. The molecule has 0 N–H and O–H groups in total. The van der Waals surface area contributed by atoms with Crippen LogP contribution < -0.4 is 0 Å². The van der Waals surface area contributed by atoms with E-state index in [9.17, 15) is 0 Å². The molecule has 0 saturated heterocycles. The smallest absolute Gasteiger partial charge is 0.0265 e. The van der Waals surface area contributed by atoms with Crippen LogP contribution in [-0.4, -0.2) is 11.8 Å². The van der Waals surface area contributed by atoms with Gasteiger partial charge in [-0.05, 0) is 50.3 Å². The van der Waals surface area contributed by atoms with E-state index in [1.165, 1.54) is 78.1 Å². The minimum atomic E-state index is 0.890. The van der Waals surface area contributed by atoms with Crippen LogP contribution in [0.15, 0.2) is 12.2 Å². The first-order valence-electron chi connectivity index (χ1n) is 8.40. The third-order valence-electron chi connectivity index (χ3n) is 3.69. The van der Waals surface area contributed by atoms with Crippen LogP contribution in [0.25, 0.3) is 0 Å². The first kappa shape index (κ1) is 19.2. The average Bonchev–Trinajstić information content (AvgIpc) is 2.33. The molecule has 114 valence electrons. The maximum atomic E-state index is 3.97. The molecule has 1 heteroatoms. The van der Waals surface area contributed by atoms with Gasteiger partial charge in [0.1, 0.15) is 0 Å². The van der Waals surface area contributed by atoms with E-state index >= 15 is 0 Å². The topological polar surface area (TPSA) is 0 Å². The van der Waals surface area contributed by atoms with Gasteiger partial charge in [-0.3, -0.25) is 0 Å². The predicted molar refractivity (Wildman–Crippen MR) is 93.8 cm³/mol. The van der Waals surface area contributed by atoms with Gasteiger partial charge >= 0.3 is 0 Å². The Hall–Kier alpha value is 0.170. The highest BCUT2D eigenvalue weighted by atomic mass is 31.1. The normalized spacial score (nSPS) is 13.5. The van der Waals surface area contributed by atoms with Crippen LogP contribution in [0, 0.1) is 5.92 Å². The van der Waals surface area contributed by atoms with Crippen molar-refractivity contribution in [3.63, 3.8) is 0 Å². The molecule has 0 aliphatic heterocycles. The third-order valence-corrected chi connectivity index (χ3v) is 5.32. The maximum absolute atomic E-state index is 3.97. The number of allylic oxidation sites excluding steroid dienone is 1. The van der Waals surface area contributed by atoms with E-state index in [1.807, 2.05) is 0 Å². The number of hydrogen-bond donors (Lipinski definition) is 0. The lowest BCUT2D eigenvalue weighted by Crippen LogP contribution is -1.96. The van der Waals surface area contributed by atoms with Gasteiger partial charge in [-0.2, -0.15) is 0 Å². The quantitative estimate of drug-likeness (QED) is 0.198. The molecule has 0 bridgehead atoms. The summed E-state index contributed by atoms with van der Waals surface area (Å²) in [6.45, 7) is 13.2. The Morgan fingerprint density at radius 1 is 0.895 bits per heavy atom. The van der Waals surface area contributed by atoms with E-state index in [1.54, 1.807) is 0 Å². The Labute approximate surface area is 124 Å². The second kappa shape index (κ2) is 13.2. The summed E-state index contributed by atoms with van der Waals surface area (Å²) < 4.78 is 0. The lowest BCUT2D eigenvalue weighted by molar-refractivity contribution is 0.525. The van der Waals surface area contributed by atoms with Crippen LogP contribution in [-0.2, 0) is 0 Å². The lowest BCUT2D eigenvalue weighted by Gasteiger charge is -2.11. The summed E-state index contributed by atoms with van der Waals surface area (Å²) in [6, 6.07) is 0. The van der Waals surface area contributed by atoms with Crippen LogP contribution >= 0.6 is 8.58 Å². The highest BCUT2D eigenvalue weighted by molar-refractivity contribution is 7.38. The monoisotopic (exact) mass is 284 g/mol. The van der Waals surface area contributed by atoms with Crippen molar-refractivity contribution < 1.29 is 0 Å². The van der Waals surface area contributed by atoms with Crippen molar-refractivity contribution in [2.24, 2.45) is 5.92 Å². The van der Waals surface area contributed by atoms with Gasteiger partial charge < -0.3 is 0 Å². The van der Waals surface area contributed by atoms with E-state index in [0.717, 1.165) is 11.6 Å². The first-order chi connectivity index (χ1) is 9.02. The Kier molecular flexibility index (Phi) is 13.3.